The first-order valence-corrected chi connectivity index (χ1v) is 6.17. The number of aromatic nitrogens is 2. The Bertz CT molecular complexity index is 550. The zero-order valence-corrected chi connectivity index (χ0v) is 11.2. The van der Waals surface area contributed by atoms with Crippen molar-refractivity contribution in [2.24, 2.45) is 0 Å². The van der Waals surface area contributed by atoms with Crippen LogP contribution in [0, 0.1) is 6.92 Å². The average Bonchev–Trinajstić information content (AvgIpc) is 2.70. The second-order valence-electron chi connectivity index (χ2n) is 4.75. The maximum atomic E-state index is 8.78. The lowest BCUT2D eigenvalue weighted by Crippen LogP contribution is -2.30. The van der Waals surface area contributed by atoms with E-state index in [0.29, 0.717) is 11.6 Å². The molecule has 5 nitrogen and oxygen atoms in total. The molecule has 19 heavy (non-hydrogen) atoms. The van der Waals surface area contributed by atoms with Crippen molar-refractivity contribution in [1.29, 1.82) is 0 Å². The monoisotopic (exact) mass is 260 g/mol. The van der Waals surface area contributed by atoms with Gasteiger partial charge in [0.15, 0.2) is 0 Å². The van der Waals surface area contributed by atoms with Crippen LogP contribution in [-0.2, 0) is 0 Å². The van der Waals surface area contributed by atoms with Crippen LogP contribution >= 0.6 is 0 Å². The summed E-state index contributed by atoms with van der Waals surface area (Å²) in [6.07, 6.45) is 0. The molecular formula is C13H17BN2O3. The van der Waals surface area contributed by atoms with Crippen molar-refractivity contribution in [2.75, 3.05) is 0 Å². The standard InChI is InChI=1S/C13H17BN2O3/c1-9(2)11-4-6-12(7-5-11)13-8-10(3)16(15-13)19-14(17)18/h4-9,17-18H,1-3H3. The molecule has 2 rings (SSSR count). The molecule has 0 spiro atoms. The Morgan fingerprint density at radius 3 is 2.37 bits per heavy atom. The fourth-order valence-corrected chi connectivity index (χ4v) is 1.83. The molecule has 0 radical (unpaired) electrons. The van der Waals surface area contributed by atoms with Crippen molar-refractivity contribution in [3.8, 4) is 11.3 Å². The number of rotatable bonds is 4. The van der Waals surface area contributed by atoms with E-state index in [-0.39, 0.29) is 0 Å². The van der Waals surface area contributed by atoms with E-state index >= 15 is 0 Å². The summed E-state index contributed by atoms with van der Waals surface area (Å²) in [6, 6.07) is 9.95. The van der Waals surface area contributed by atoms with Gasteiger partial charge < -0.3 is 14.8 Å². The summed E-state index contributed by atoms with van der Waals surface area (Å²) < 4.78 is 4.73. The second-order valence-corrected chi connectivity index (χ2v) is 4.75. The van der Waals surface area contributed by atoms with Crippen molar-refractivity contribution in [2.45, 2.75) is 26.7 Å². The van der Waals surface area contributed by atoms with Crippen LogP contribution in [0.4, 0.5) is 0 Å². The summed E-state index contributed by atoms with van der Waals surface area (Å²) >= 11 is 0. The molecule has 1 aromatic heterocycles. The van der Waals surface area contributed by atoms with E-state index in [2.05, 4.69) is 31.1 Å². The van der Waals surface area contributed by atoms with Gasteiger partial charge in [0.05, 0.1) is 11.4 Å². The van der Waals surface area contributed by atoms with Gasteiger partial charge >= 0.3 is 7.32 Å². The molecule has 0 aliphatic rings. The van der Waals surface area contributed by atoms with E-state index in [1.807, 2.05) is 18.2 Å². The van der Waals surface area contributed by atoms with Crippen LogP contribution in [0.1, 0.15) is 31.0 Å². The summed E-state index contributed by atoms with van der Waals surface area (Å²) in [5.41, 5.74) is 3.65. The smallest absolute Gasteiger partial charge is 0.405 e. The Kier molecular flexibility index (Phi) is 3.92. The molecule has 0 amide bonds. The largest absolute Gasteiger partial charge is 0.729 e. The minimum absolute atomic E-state index is 0.487. The molecule has 0 bridgehead atoms. The molecule has 0 saturated carbocycles. The fourth-order valence-electron chi connectivity index (χ4n) is 1.83. The summed E-state index contributed by atoms with van der Waals surface area (Å²) in [6.45, 7) is 6.07. The van der Waals surface area contributed by atoms with Gasteiger partial charge in [-0.1, -0.05) is 38.1 Å². The Morgan fingerprint density at radius 2 is 1.84 bits per heavy atom. The van der Waals surface area contributed by atoms with E-state index in [9.17, 15) is 0 Å². The number of hydrogen-bond donors (Lipinski definition) is 2. The lowest BCUT2D eigenvalue weighted by molar-refractivity contribution is 0.137. The molecule has 2 aromatic rings. The van der Waals surface area contributed by atoms with Gasteiger partial charge in [0.2, 0.25) is 0 Å². The van der Waals surface area contributed by atoms with Crippen LogP contribution in [0.3, 0.4) is 0 Å². The van der Waals surface area contributed by atoms with Gasteiger partial charge in [-0.2, -0.15) is 0 Å². The third-order valence-electron chi connectivity index (χ3n) is 2.91. The predicted octanol–water partition coefficient (Wildman–Crippen LogP) is 1.38. The van der Waals surface area contributed by atoms with Gasteiger partial charge in [0.1, 0.15) is 0 Å². The summed E-state index contributed by atoms with van der Waals surface area (Å²) in [5, 5.41) is 21.7. The van der Waals surface area contributed by atoms with Gasteiger partial charge in [-0.05, 0) is 24.5 Å². The van der Waals surface area contributed by atoms with Gasteiger partial charge in [-0.3, -0.25) is 0 Å². The molecule has 1 aromatic carbocycles. The fraction of sp³-hybridized carbons (Fsp3) is 0.308. The highest BCUT2D eigenvalue weighted by molar-refractivity contribution is 6.32. The van der Waals surface area contributed by atoms with E-state index in [1.165, 1.54) is 5.56 Å². The molecule has 0 saturated heterocycles. The average molecular weight is 260 g/mol. The van der Waals surface area contributed by atoms with Crippen molar-refractivity contribution in [1.82, 2.24) is 9.94 Å². The SMILES string of the molecule is Cc1cc(-c2ccc(C(C)C)cc2)nn1OB(O)O. The first kappa shape index (κ1) is 13.6. The third kappa shape index (κ3) is 3.16. The number of nitrogens with zero attached hydrogens (tertiary/aromatic N) is 2. The van der Waals surface area contributed by atoms with E-state index in [1.54, 1.807) is 6.92 Å². The van der Waals surface area contributed by atoms with E-state index in [4.69, 9.17) is 14.8 Å². The Hall–Kier alpha value is -1.79. The normalized spacial score (nSPS) is 10.8. The van der Waals surface area contributed by atoms with Crippen LogP contribution in [0.5, 0.6) is 0 Å². The summed E-state index contributed by atoms with van der Waals surface area (Å²) in [5.74, 6) is 0.487. The minimum Gasteiger partial charge on any atom is -0.405 e. The summed E-state index contributed by atoms with van der Waals surface area (Å²) in [4.78, 5) is 1.11. The Balaban J connectivity index is 2.26. The zero-order chi connectivity index (χ0) is 14.0. The highest BCUT2D eigenvalue weighted by atomic mass is 16.7. The van der Waals surface area contributed by atoms with Gasteiger partial charge in [0.25, 0.3) is 0 Å². The second kappa shape index (κ2) is 5.46. The van der Waals surface area contributed by atoms with Crippen LogP contribution in [0.15, 0.2) is 30.3 Å². The summed E-state index contributed by atoms with van der Waals surface area (Å²) in [7, 11) is -1.88. The minimum atomic E-state index is -1.88. The molecule has 6 heteroatoms. The maximum Gasteiger partial charge on any atom is 0.729 e. The molecule has 0 aliphatic carbocycles. The van der Waals surface area contributed by atoms with Crippen molar-refractivity contribution in [3.63, 3.8) is 0 Å². The van der Waals surface area contributed by atoms with Crippen molar-refractivity contribution >= 4 is 7.32 Å². The molecule has 100 valence electrons. The first-order valence-electron chi connectivity index (χ1n) is 6.17. The van der Waals surface area contributed by atoms with Crippen molar-refractivity contribution in [3.05, 3.63) is 41.6 Å². The maximum absolute atomic E-state index is 8.78. The van der Waals surface area contributed by atoms with Crippen LogP contribution in [0.25, 0.3) is 11.3 Å². The molecule has 0 fully saturated rings. The predicted molar refractivity (Wildman–Crippen MR) is 73.3 cm³/mol. The lowest BCUT2D eigenvalue weighted by atomic mass is 10.0. The van der Waals surface area contributed by atoms with Crippen LogP contribution in [0.2, 0.25) is 0 Å². The molecule has 1 heterocycles. The zero-order valence-electron chi connectivity index (χ0n) is 11.2. The van der Waals surface area contributed by atoms with Crippen LogP contribution < -0.4 is 4.76 Å². The van der Waals surface area contributed by atoms with Crippen LogP contribution in [-0.4, -0.2) is 27.3 Å². The number of benzene rings is 1. The third-order valence-corrected chi connectivity index (χ3v) is 2.91. The molecule has 2 N–H and O–H groups in total. The molecule has 0 aliphatic heterocycles. The molecule has 0 unspecified atom stereocenters. The highest BCUT2D eigenvalue weighted by Gasteiger charge is 2.15. The first-order chi connectivity index (χ1) is 8.97. The number of aryl methyl sites for hydroxylation is 1. The molecular weight excluding hydrogens is 243 g/mol. The lowest BCUT2D eigenvalue weighted by Gasteiger charge is -2.06. The Morgan fingerprint density at radius 1 is 1.21 bits per heavy atom. The quantitative estimate of drug-likeness (QED) is 0.815. The number of hydrogen-bond acceptors (Lipinski definition) is 4. The Labute approximate surface area is 112 Å². The highest BCUT2D eigenvalue weighted by Crippen LogP contribution is 2.22. The molecule has 0 atom stereocenters. The topological polar surface area (TPSA) is 67.5 Å². The van der Waals surface area contributed by atoms with Gasteiger partial charge in [-0.15, -0.1) is 9.94 Å². The van der Waals surface area contributed by atoms with Crippen molar-refractivity contribution < 1.29 is 14.8 Å². The van der Waals surface area contributed by atoms with Gasteiger partial charge in [0, 0.05) is 5.56 Å². The van der Waals surface area contributed by atoms with E-state index < -0.39 is 7.32 Å². The van der Waals surface area contributed by atoms with Gasteiger partial charge in [-0.25, -0.2) is 0 Å². The van der Waals surface area contributed by atoms with E-state index in [0.717, 1.165) is 16.1 Å².